The third-order valence-corrected chi connectivity index (χ3v) is 8.76. The van der Waals surface area contributed by atoms with E-state index >= 15 is 0 Å². The molecule has 2 heterocycles. The third-order valence-electron chi connectivity index (χ3n) is 8.51. The van der Waals surface area contributed by atoms with E-state index in [0.717, 1.165) is 31.2 Å². The van der Waals surface area contributed by atoms with Crippen LogP contribution in [0.3, 0.4) is 0 Å². The zero-order valence-electron chi connectivity index (χ0n) is 22.1. The second-order valence-electron chi connectivity index (χ2n) is 10.9. The van der Waals surface area contributed by atoms with E-state index in [2.05, 4.69) is 4.90 Å². The molecular formula is C30H35ClN4O4. The van der Waals surface area contributed by atoms with Crippen LogP contribution in [-0.4, -0.2) is 76.6 Å². The Kier molecular flexibility index (Phi) is 8.33. The average molecular weight is 551 g/mol. The highest BCUT2D eigenvalue weighted by atomic mass is 35.5. The average Bonchev–Trinajstić information content (AvgIpc) is 3.20. The number of hydrogen-bond donors (Lipinski definition) is 1. The summed E-state index contributed by atoms with van der Waals surface area (Å²) in [6.07, 6.45) is 6.22. The van der Waals surface area contributed by atoms with Crippen molar-refractivity contribution in [3.05, 3.63) is 70.2 Å². The fourth-order valence-electron chi connectivity index (χ4n) is 6.37. The number of rotatable bonds is 8. The molecule has 0 bridgehead atoms. The zero-order valence-corrected chi connectivity index (χ0v) is 22.8. The maximum Gasteiger partial charge on any atom is 0.261 e. The molecule has 39 heavy (non-hydrogen) atoms. The van der Waals surface area contributed by atoms with Crippen molar-refractivity contribution in [3.63, 3.8) is 0 Å². The molecule has 2 aliphatic heterocycles. The molecule has 2 fully saturated rings. The first kappa shape index (κ1) is 27.3. The van der Waals surface area contributed by atoms with Crippen molar-refractivity contribution in [1.82, 2.24) is 14.7 Å². The molecule has 1 saturated heterocycles. The number of aryl methyl sites for hydroxylation is 1. The van der Waals surface area contributed by atoms with Crippen molar-refractivity contribution in [2.75, 3.05) is 26.2 Å². The number of carbonyl (C=O) groups is 4. The van der Waals surface area contributed by atoms with Gasteiger partial charge in [0.2, 0.25) is 11.8 Å². The largest absolute Gasteiger partial charge is 0.368 e. The maximum absolute atomic E-state index is 13.2. The molecule has 0 aromatic heterocycles. The number of hydrogen-bond acceptors (Lipinski definition) is 5. The number of fused-ring (bicyclic) bond motifs is 1. The summed E-state index contributed by atoms with van der Waals surface area (Å²) in [4.78, 5) is 57.3. The van der Waals surface area contributed by atoms with Gasteiger partial charge in [0, 0.05) is 43.7 Å². The van der Waals surface area contributed by atoms with E-state index < -0.39 is 11.9 Å². The van der Waals surface area contributed by atoms with Crippen LogP contribution in [0.25, 0.3) is 0 Å². The molecule has 5 rings (SSSR count). The Hall–Kier alpha value is -3.23. The molecule has 1 saturated carbocycles. The maximum atomic E-state index is 13.2. The summed E-state index contributed by atoms with van der Waals surface area (Å²) in [6.45, 7) is 1.50. The molecule has 2 aromatic carbocycles. The quantitative estimate of drug-likeness (QED) is 0.506. The number of primary amides is 1. The molecule has 1 aliphatic carbocycles. The van der Waals surface area contributed by atoms with E-state index in [9.17, 15) is 19.2 Å². The first-order valence-electron chi connectivity index (χ1n) is 13.9. The molecule has 2 unspecified atom stereocenters. The SMILES string of the molecule is NC(=O)C1CN(C(CN2C(=O)c3ccccc3C2=O)C2CCCCC2)CCN1C(=O)CCc1ccc(Cl)cc1. The number of nitrogens with two attached hydrogens (primary N) is 1. The highest BCUT2D eigenvalue weighted by Crippen LogP contribution is 2.33. The van der Waals surface area contributed by atoms with Gasteiger partial charge < -0.3 is 10.6 Å². The van der Waals surface area contributed by atoms with Gasteiger partial charge in [0.25, 0.3) is 11.8 Å². The molecule has 206 valence electrons. The van der Waals surface area contributed by atoms with Gasteiger partial charge in [-0.3, -0.25) is 29.0 Å². The topological polar surface area (TPSA) is 104 Å². The van der Waals surface area contributed by atoms with Crippen LogP contribution < -0.4 is 5.73 Å². The van der Waals surface area contributed by atoms with Gasteiger partial charge in [0.1, 0.15) is 6.04 Å². The fraction of sp³-hybridized carbons (Fsp3) is 0.467. The first-order chi connectivity index (χ1) is 18.8. The number of piperazine rings is 1. The van der Waals surface area contributed by atoms with Crippen molar-refractivity contribution in [3.8, 4) is 0 Å². The molecule has 2 N–H and O–H groups in total. The van der Waals surface area contributed by atoms with E-state index in [4.69, 9.17) is 17.3 Å². The van der Waals surface area contributed by atoms with Gasteiger partial charge >= 0.3 is 0 Å². The van der Waals surface area contributed by atoms with Gasteiger partial charge in [-0.05, 0) is 55.0 Å². The Balaban J connectivity index is 1.31. The van der Waals surface area contributed by atoms with Crippen LogP contribution in [0.4, 0.5) is 0 Å². The second-order valence-corrected chi connectivity index (χ2v) is 11.3. The Morgan fingerprint density at radius 2 is 1.56 bits per heavy atom. The lowest BCUT2D eigenvalue weighted by atomic mass is 9.82. The van der Waals surface area contributed by atoms with Crippen LogP contribution in [-0.2, 0) is 16.0 Å². The zero-order chi connectivity index (χ0) is 27.5. The predicted molar refractivity (Wildman–Crippen MR) is 148 cm³/mol. The fourth-order valence-corrected chi connectivity index (χ4v) is 6.49. The lowest BCUT2D eigenvalue weighted by Gasteiger charge is -2.46. The van der Waals surface area contributed by atoms with Crippen molar-refractivity contribution in [2.24, 2.45) is 11.7 Å². The number of halogens is 1. The van der Waals surface area contributed by atoms with Crippen LogP contribution in [0.1, 0.15) is 64.8 Å². The Labute approximate surface area is 234 Å². The molecule has 9 heteroatoms. The smallest absolute Gasteiger partial charge is 0.261 e. The Morgan fingerprint density at radius 1 is 0.923 bits per heavy atom. The summed E-state index contributed by atoms with van der Waals surface area (Å²) < 4.78 is 0. The van der Waals surface area contributed by atoms with Crippen LogP contribution in [0, 0.1) is 5.92 Å². The molecule has 0 spiro atoms. The summed E-state index contributed by atoms with van der Waals surface area (Å²) in [5.74, 6) is -0.882. The Morgan fingerprint density at radius 3 is 2.18 bits per heavy atom. The number of benzene rings is 2. The van der Waals surface area contributed by atoms with E-state index in [1.54, 1.807) is 41.3 Å². The van der Waals surface area contributed by atoms with Crippen LogP contribution >= 0.6 is 11.6 Å². The van der Waals surface area contributed by atoms with Gasteiger partial charge in [0.15, 0.2) is 0 Å². The second kappa shape index (κ2) is 11.9. The normalized spacial score (nSPS) is 21.2. The van der Waals surface area contributed by atoms with E-state index in [1.165, 1.54) is 11.3 Å². The van der Waals surface area contributed by atoms with E-state index in [0.29, 0.717) is 48.1 Å². The van der Waals surface area contributed by atoms with Crippen molar-refractivity contribution < 1.29 is 19.2 Å². The predicted octanol–water partition coefficient (Wildman–Crippen LogP) is 3.52. The number of carbonyl (C=O) groups excluding carboxylic acids is 4. The van der Waals surface area contributed by atoms with Crippen LogP contribution in [0.2, 0.25) is 5.02 Å². The van der Waals surface area contributed by atoms with E-state index in [1.807, 2.05) is 12.1 Å². The molecule has 4 amide bonds. The Bertz CT molecular complexity index is 1210. The van der Waals surface area contributed by atoms with Crippen molar-refractivity contribution in [1.29, 1.82) is 0 Å². The van der Waals surface area contributed by atoms with Gasteiger partial charge in [-0.2, -0.15) is 0 Å². The van der Waals surface area contributed by atoms with Gasteiger partial charge in [-0.25, -0.2) is 0 Å². The van der Waals surface area contributed by atoms with Gasteiger partial charge in [0.05, 0.1) is 11.1 Å². The lowest BCUT2D eigenvalue weighted by molar-refractivity contribution is -0.143. The minimum Gasteiger partial charge on any atom is -0.368 e. The minimum atomic E-state index is -0.760. The molecule has 2 aromatic rings. The summed E-state index contributed by atoms with van der Waals surface area (Å²) in [6, 6.07) is 13.5. The molecule has 0 radical (unpaired) electrons. The summed E-state index contributed by atoms with van der Waals surface area (Å²) in [5.41, 5.74) is 7.71. The number of nitrogens with zero attached hydrogens (tertiary/aromatic N) is 3. The van der Waals surface area contributed by atoms with Crippen LogP contribution in [0.5, 0.6) is 0 Å². The van der Waals surface area contributed by atoms with Crippen molar-refractivity contribution >= 4 is 35.2 Å². The van der Waals surface area contributed by atoms with Crippen LogP contribution in [0.15, 0.2) is 48.5 Å². The summed E-state index contributed by atoms with van der Waals surface area (Å²) >= 11 is 5.97. The van der Waals surface area contributed by atoms with E-state index in [-0.39, 0.29) is 36.7 Å². The highest BCUT2D eigenvalue weighted by molar-refractivity contribution is 6.30. The monoisotopic (exact) mass is 550 g/mol. The number of amides is 4. The molecular weight excluding hydrogens is 516 g/mol. The lowest BCUT2D eigenvalue weighted by Crippen LogP contribution is -2.64. The third kappa shape index (κ3) is 5.87. The minimum absolute atomic E-state index is 0.0966. The molecule has 8 nitrogen and oxygen atoms in total. The summed E-state index contributed by atoms with van der Waals surface area (Å²) in [7, 11) is 0. The molecule has 2 atom stereocenters. The first-order valence-corrected chi connectivity index (χ1v) is 14.2. The van der Waals surface area contributed by atoms with Gasteiger partial charge in [-0.1, -0.05) is 55.1 Å². The van der Waals surface area contributed by atoms with Crippen molar-refractivity contribution in [2.45, 2.75) is 57.0 Å². The number of imide groups is 1. The highest BCUT2D eigenvalue weighted by Gasteiger charge is 2.43. The standard InChI is InChI=1S/C30H35ClN4O4/c31-22-13-10-20(11-14-22)12-15-27(36)34-17-16-33(18-26(34)28(32)37)25(21-6-2-1-3-7-21)19-35-29(38)23-8-4-5-9-24(23)30(35)39/h4-5,8-11,13-14,21,25-26H,1-3,6-7,12,15-19H2,(H2,32,37). The molecule has 3 aliphatic rings. The van der Waals surface area contributed by atoms with Gasteiger partial charge in [-0.15, -0.1) is 0 Å². The summed E-state index contributed by atoms with van der Waals surface area (Å²) in [5, 5.41) is 0.642.